The molecule has 0 aliphatic carbocycles. The van der Waals surface area contributed by atoms with Gasteiger partial charge in [-0.1, -0.05) is 11.6 Å². The number of rotatable bonds is 2. The number of nitrogens with one attached hydrogen (secondary N) is 1. The van der Waals surface area contributed by atoms with Crippen molar-refractivity contribution in [2.24, 2.45) is 0 Å². The molecule has 5 nitrogen and oxygen atoms in total. The van der Waals surface area contributed by atoms with E-state index in [1.54, 1.807) is 6.92 Å². The molecule has 1 aliphatic rings. The van der Waals surface area contributed by atoms with E-state index in [0.29, 0.717) is 25.1 Å². The van der Waals surface area contributed by atoms with Crippen LogP contribution in [0.15, 0.2) is 11.4 Å². The van der Waals surface area contributed by atoms with Gasteiger partial charge < -0.3 is 5.32 Å². The molecule has 0 amide bonds. The number of nitrogens with zero attached hydrogens (tertiary/aromatic N) is 2. The SMILES string of the molecule is Cc1cnc(S(=O)(=O)[C@@H]2CCNC2)nc1Cl. The Labute approximate surface area is 99.2 Å². The van der Waals surface area contributed by atoms with E-state index in [4.69, 9.17) is 11.6 Å². The van der Waals surface area contributed by atoms with E-state index in [1.807, 2.05) is 0 Å². The van der Waals surface area contributed by atoms with Crippen LogP contribution in [0.25, 0.3) is 0 Å². The molecule has 1 atom stereocenters. The van der Waals surface area contributed by atoms with E-state index in [2.05, 4.69) is 15.3 Å². The second-order valence-electron chi connectivity index (χ2n) is 3.79. The highest BCUT2D eigenvalue weighted by molar-refractivity contribution is 7.91. The van der Waals surface area contributed by atoms with Crippen LogP contribution in [0.4, 0.5) is 0 Å². The maximum absolute atomic E-state index is 12.1. The molecule has 0 aromatic carbocycles. The molecule has 0 radical (unpaired) electrons. The lowest BCUT2D eigenvalue weighted by Crippen LogP contribution is -2.25. The summed E-state index contributed by atoms with van der Waals surface area (Å²) in [5.74, 6) is 0. The number of halogens is 1. The molecule has 7 heteroatoms. The molecule has 0 unspecified atom stereocenters. The zero-order valence-electron chi connectivity index (χ0n) is 8.77. The Morgan fingerprint density at radius 1 is 1.56 bits per heavy atom. The van der Waals surface area contributed by atoms with E-state index in [1.165, 1.54) is 6.20 Å². The third-order valence-electron chi connectivity index (χ3n) is 2.60. The van der Waals surface area contributed by atoms with Crippen LogP contribution in [0.3, 0.4) is 0 Å². The minimum Gasteiger partial charge on any atom is -0.315 e. The molecule has 1 N–H and O–H groups in total. The summed E-state index contributed by atoms with van der Waals surface area (Å²) in [4.78, 5) is 7.67. The van der Waals surface area contributed by atoms with Crippen LogP contribution in [0.5, 0.6) is 0 Å². The third-order valence-corrected chi connectivity index (χ3v) is 4.96. The first kappa shape index (κ1) is 11.8. The molecule has 1 aromatic heterocycles. The van der Waals surface area contributed by atoms with Gasteiger partial charge in [0.2, 0.25) is 15.0 Å². The summed E-state index contributed by atoms with van der Waals surface area (Å²) in [5.41, 5.74) is 0.671. The minimum absolute atomic E-state index is 0.170. The molecule has 1 saturated heterocycles. The van der Waals surface area contributed by atoms with Gasteiger partial charge in [0.15, 0.2) is 0 Å². The van der Waals surface area contributed by atoms with Gasteiger partial charge in [-0.3, -0.25) is 0 Å². The zero-order valence-corrected chi connectivity index (χ0v) is 10.3. The van der Waals surface area contributed by atoms with Crippen molar-refractivity contribution in [3.05, 3.63) is 16.9 Å². The fraction of sp³-hybridized carbons (Fsp3) is 0.556. The molecule has 2 heterocycles. The maximum atomic E-state index is 12.1. The number of sulfone groups is 1. The molecule has 0 bridgehead atoms. The highest BCUT2D eigenvalue weighted by atomic mass is 35.5. The van der Waals surface area contributed by atoms with E-state index in [-0.39, 0.29) is 10.3 Å². The Morgan fingerprint density at radius 2 is 2.31 bits per heavy atom. The molecular weight excluding hydrogens is 250 g/mol. The molecule has 1 aromatic rings. The minimum atomic E-state index is -3.45. The van der Waals surface area contributed by atoms with Crippen LogP contribution in [0, 0.1) is 6.92 Å². The van der Waals surface area contributed by atoms with Crippen molar-refractivity contribution in [1.82, 2.24) is 15.3 Å². The fourth-order valence-electron chi connectivity index (χ4n) is 1.59. The number of hydrogen-bond donors (Lipinski definition) is 1. The van der Waals surface area contributed by atoms with Crippen LogP contribution in [-0.2, 0) is 9.84 Å². The molecule has 1 aliphatic heterocycles. The standard InChI is InChI=1S/C9H12ClN3O2S/c1-6-4-12-9(13-8(6)10)16(14,15)7-2-3-11-5-7/h4,7,11H,2-3,5H2,1H3/t7-/m1/s1. The number of aryl methyl sites for hydroxylation is 1. The van der Waals surface area contributed by atoms with Gasteiger partial charge in [0.25, 0.3) is 0 Å². The van der Waals surface area contributed by atoms with Gasteiger partial charge in [-0.25, -0.2) is 18.4 Å². The van der Waals surface area contributed by atoms with Gasteiger partial charge in [0.1, 0.15) is 5.15 Å². The van der Waals surface area contributed by atoms with Crippen molar-refractivity contribution in [3.8, 4) is 0 Å². The Morgan fingerprint density at radius 3 is 2.88 bits per heavy atom. The van der Waals surface area contributed by atoms with Crippen molar-refractivity contribution in [1.29, 1.82) is 0 Å². The zero-order chi connectivity index (χ0) is 11.8. The highest BCUT2D eigenvalue weighted by Gasteiger charge is 2.32. The Hall–Kier alpha value is -0.720. The van der Waals surface area contributed by atoms with Crippen LogP contribution in [0.2, 0.25) is 5.15 Å². The van der Waals surface area contributed by atoms with Gasteiger partial charge in [-0.2, -0.15) is 0 Å². The first-order valence-electron chi connectivity index (χ1n) is 4.95. The first-order valence-corrected chi connectivity index (χ1v) is 6.88. The van der Waals surface area contributed by atoms with Gasteiger partial charge in [0, 0.05) is 18.3 Å². The van der Waals surface area contributed by atoms with Crippen molar-refractivity contribution in [2.75, 3.05) is 13.1 Å². The summed E-state index contributed by atoms with van der Waals surface area (Å²) < 4.78 is 24.1. The summed E-state index contributed by atoms with van der Waals surface area (Å²) in [7, 11) is -3.45. The topological polar surface area (TPSA) is 72.0 Å². The lowest BCUT2D eigenvalue weighted by molar-refractivity contribution is 0.573. The quantitative estimate of drug-likeness (QED) is 0.623. The Kier molecular flexibility index (Phi) is 3.14. The van der Waals surface area contributed by atoms with Gasteiger partial charge >= 0.3 is 0 Å². The summed E-state index contributed by atoms with van der Waals surface area (Å²) in [6, 6.07) is 0. The van der Waals surface area contributed by atoms with Crippen LogP contribution in [0.1, 0.15) is 12.0 Å². The predicted molar refractivity (Wildman–Crippen MR) is 60.2 cm³/mol. The van der Waals surface area contributed by atoms with E-state index in [0.717, 1.165) is 0 Å². The van der Waals surface area contributed by atoms with Crippen molar-refractivity contribution >= 4 is 21.4 Å². The van der Waals surface area contributed by atoms with E-state index < -0.39 is 15.1 Å². The summed E-state index contributed by atoms with van der Waals surface area (Å²) in [6.45, 7) is 2.90. The van der Waals surface area contributed by atoms with Crippen LogP contribution in [-0.4, -0.2) is 36.7 Å². The highest BCUT2D eigenvalue weighted by Crippen LogP contribution is 2.19. The molecule has 0 spiro atoms. The third kappa shape index (κ3) is 2.05. The maximum Gasteiger partial charge on any atom is 0.248 e. The molecule has 88 valence electrons. The fourth-order valence-corrected chi connectivity index (χ4v) is 3.25. The van der Waals surface area contributed by atoms with E-state index in [9.17, 15) is 8.42 Å². The van der Waals surface area contributed by atoms with Gasteiger partial charge in [-0.05, 0) is 19.9 Å². The smallest absolute Gasteiger partial charge is 0.248 e. The first-order chi connectivity index (χ1) is 7.51. The second kappa shape index (κ2) is 4.27. The van der Waals surface area contributed by atoms with Gasteiger partial charge in [0.05, 0.1) is 5.25 Å². The van der Waals surface area contributed by atoms with E-state index >= 15 is 0 Å². The van der Waals surface area contributed by atoms with Crippen LogP contribution < -0.4 is 5.32 Å². The van der Waals surface area contributed by atoms with Crippen molar-refractivity contribution in [3.63, 3.8) is 0 Å². The summed E-state index contributed by atoms with van der Waals surface area (Å²) >= 11 is 5.80. The summed E-state index contributed by atoms with van der Waals surface area (Å²) in [5, 5.41) is 2.59. The molecule has 0 saturated carbocycles. The number of hydrogen-bond acceptors (Lipinski definition) is 5. The molecule has 16 heavy (non-hydrogen) atoms. The van der Waals surface area contributed by atoms with Gasteiger partial charge in [-0.15, -0.1) is 0 Å². The average molecular weight is 262 g/mol. The van der Waals surface area contributed by atoms with Crippen molar-refractivity contribution < 1.29 is 8.42 Å². The predicted octanol–water partition coefficient (Wildman–Crippen LogP) is 0.574. The lowest BCUT2D eigenvalue weighted by atomic mass is 10.4. The molecular formula is C9H12ClN3O2S. The summed E-state index contributed by atoms with van der Waals surface area (Å²) in [6.07, 6.45) is 2.03. The largest absolute Gasteiger partial charge is 0.315 e. The second-order valence-corrected chi connectivity index (χ2v) is 6.27. The Bertz CT molecular complexity index is 497. The normalized spacial score (nSPS) is 21.2. The Balaban J connectivity index is 2.39. The average Bonchev–Trinajstić information content (AvgIpc) is 2.75. The molecule has 1 fully saturated rings. The number of aromatic nitrogens is 2. The molecule has 2 rings (SSSR count). The monoisotopic (exact) mass is 261 g/mol. The van der Waals surface area contributed by atoms with Crippen molar-refractivity contribution in [2.45, 2.75) is 23.8 Å². The van der Waals surface area contributed by atoms with Crippen LogP contribution >= 0.6 is 11.6 Å². The lowest BCUT2D eigenvalue weighted by Gasteiger charge is -2.09.